The molecule has 0 aliphatic rings. The third-order valence-corrected chi connectivity index (χ3v) is 4.36. The van der Waals surface area contributed by atoms with Crippen molar-refractivity contribution in [1.82, 2.24) is 9.97 Å². The van der Waals surface area contributed by atoms with Gasteiger partial charge in [0, 0.05) is 12.4 Å². The summed E-state index contributed by atoms with van der Waals surface area (Å²) in [5.74, 6) is 6.29. The van der Waals surface area contributed by atoms with Gasteiger partial charge in [0.1, 0.15) is 5.69 Å². The molecule has 0 aliphatic carbocycles. The number of nitrogens with zero attached hydrogens (tertiary/aromatic N) is 2. The smallest absolute Gasteiger partial charge is 0.339 e. The maximum atomic E-state index is 11.7. The van der Waals surface area contributed by atoms with Gasteiger partial charge in [-0.15, -0.1) is 0 Å². The highest BCUT2D eigenvalue weighted by Gasteiger charge is 2.06. The van der Waals surface area contributed by atoms with E-state index < -0.39 is 0 Å². The zero-order valence-corrected chi connectivity index (χ0v) is 17.4. The van der Waals surface area contributed by atoms with Crippen molar-refractivity contribution < 1.29 is 14.3 Å². The van der Waals surface area contributed by atoms with Gasteiger partial charge in [-0.1, -0.05) is 45.4 Å². The minimum absolute atomic E-state index is 0.335. The lowest BCUT2D eigenvalue weighted by atomic mass is 10.1. The number of aromatic nitrogens is 2. The van der Waals surface area contributed by atoms with Gasteiger partial charge in [0.05, 0.1) is 18.8 Å². The number of ether oxygens (including phenoxy) is 2. The van der Waals surface area contributed by atoms with Crippen molar-refractivity contribution in [3.8, 4) is 17.6 Å². The number of rotatable bonds is 11. The molecule has 29 heavy (non-hydrogen) atoms. The molecule has 0 saturated heterocycles. The van der Waals surface area contributed by atoms with Crippen LogP contribution in [0.4, 0.5) is 0 Å². The van der Waals surface area contributed by atoms with Crippen LogP contribution in [-0.2, 0) is 4.74 Å². The van der Waals surface area contributed by atoms with Gasteiger partial charge in [-0.2, -0.15) is 0 Å². The molecule has 0 aromatic carbocycles. The molecule has 0 atom stereocenters. The van der Waals surface area contributed by atoms with Gasteiger partial charge in [0.2, 0.25) is 0 Å². The molecule has 0 amide bonds. The molecule has 2 aromatic heterocycles. The molecule has 154 valence electrons. The first-order chi connectivity index (χ1) is 14.2. The Morgan fingerprint density at radius 1 is 0.966 bits per heavy atom. The number of carbonyl (C=O) groups is 1. The summed E-state index contributed by atoms with van der Waals surface area (Å²) in [7, 11) is 0. The lowest BCUT2D eigenvalue weighted by Gasteiger charge is -2.07. The normalized spacial score (nSPS) is 10.1. The Morgan fingerprint density at radius 3 is 2.48 bits per heavy atom. The molecule has 0 fully saturated rings. The summed E-state index contributed by atoms with van der Waals surface area (Å²) in [4.78, 5) is 20.2. The van der Waals surface area contributed by atoms with Crippen LogP contribution in [-0.4, -0.2) is 29.2 Å². The van der Waals surface area contributed by atoms with E-state index in [4.69, 9.17) is 9.47 Å². The summed E-state index contributed by atoms with van der Waals surface area (Å²) < 4.78 is 10.8. The minimum Gasteiger partial charge on any atom is -0.491 e. The zero-order chi connectivity index (χ0) is 20.7. The SMILES string of the molecule is CCCCCCCCCOc1cccnc1C#Cc1ccc(C(=O)OCC)cn1. The Morgan fingerprint density at radius 2 is 1.76 bits per heavy atom. The van der Waals surface area contributed by atoms with Crippen molar-refractivity contribution in [2.45, 2.75) is 58.8 Å². The van der Waals surface area contributed by atoms with Gasteiger partial charge >= 0.3 is 5.97 Å². The van der Waals surface area contributed by atoms with Crippen LogP contribution in [0.3, 0.4) is 0 Å². The van der Waals surface area contributed by atoms with Gasteiger partial charge < -0.3 is 9.47 Å². The van der Waals surface area contributed by atoms with E-state index in [2.05, 4.69) is 28.7 Å². The van der Waals surface area contributed by atoms with Crippen LogP contribution < -0.4 is 4.74 Å². The van der Waals surface area contributed by atoms with E-state index in [-0.39, 0.29) is 5.97 Å². The Kier molecular flexibility index (Phi) is 10.3. The Labute approximate surface area is 173 Å². The van der Waals surface area contributed by atoms with E-state index in [1.54, 1.807) is 25.3 Å². The Bertz CT molecular complexity index is 807. The minimum atomic E-state index is -0.384. The fourth-order valence-corrected chi connectivity index (χ4v) is 2.77. The highest BCUT2D eigenvalue weighted by molar-refractivity contribution is 5.89. The monoisotopic (exact) mass is 394 g/mol. The quantitative estimate of drug-likeness (QED) is 0.298. The van der Waals surface area contributed by atoms with E-state index in [1.807, 2.05) is 12.1 Å². The number of unbranched alkanes of at least 4 members (excludes halogenated alkanes) is 6. The second-order valence-corrected chi connectivity index (χ2v) is 6.72. The molecular weight excluding hydrogens is 364 g/mol. The second-order valence-electron chi connectivity index (χ2n) is 6.72. The molecule has 2 rings (SSSR count). The molecule has 0 N–H and O–H groups in total. The van der Waals surface area contributed by atoms with Gasteiger partial charge in [0.25, 0.3) is 0 Å². The zero-order valence-electron chi connectivity index (χ0n) is 17.4. The fraction of sp³-hybridized carbons (Fsp3) is 0.458. The Balaban J connectivity index is 1.87. The topological polar surface area (TPSA) is 61.3 Å². The highest BCUT2D eigenvalue weighted by Crippen LogP contribution is 2.15. The van der Waals surface area contributed by atoms with Crippen LogP contribution in [0.15, 0.2) is 36.7 Å². The van der Waals surface area contributed by atoms with E-state index in [9.17, 15) is 4.79 Å². The maximum Gasteiger partial charge on any atom is 0.339 e. The molecule has 0 spiro atoms. The van der Waals surface area contributed by atoms with E-state index in [1.165, 1.54) is 44.7 Å². The molecule has 0 saturated carbocycles. The van der Waals surface area contributed by atoms with Crippen LogP contribution >= 0.6 is 0 Å². The van der Waals surface area contributed by atoms with E-state index in [0.29, 0.717) is 35.9 Å². The van der Waals surface area contributed by atoms with E-state index in [0.717, 1.165) is 6.42 Å². The molecule has 0 bridgehead atoms. The third-order valence-electron chi connectivity index (χ3n) is 4.36. The van der Waals surface area contributed by atoms with Gasteiger partial charge in [-0.05, 0) is 49.5 Å². The van der Waals surface area contributed by atoms with Crippen molar-refractivity contribution in [3.63, 3.8) is 0 Å². The van der Waals surface area contributed by atoms with Crippen molar-refractivity contribution in [2.75, 3.05) is 13.2 Å². The molecule has 0 aliphatic heterocycles. The highest BCUT2D eigenvalue weighted by atomic mass is 16.5. The predicted octanol–water partition coefficient (Wildman–Crippen LogP) is 5.18. The number of pyridine rings is 2. The molecule has 2 heterocycles. The average Bonchev–Trinajstić information content (AvgIpc) is 2.75. The molecule has 5 nitrogen and oxygen atoms in total. The van der Waals surface area contributed by atoms with Crippen molar-refractivity contribution in [2.24, 2.45) is 0 Å². The summed E-state index contributed by atoms with van der Waals surface area (Å²) in [6, 6.07) is 7.08. The first-order valence-electron chi connectivity index (χ1n) is 10.5. The van der Waals surface area contributed by atoms with Crippen LogP contribution in [0.5, 0.6) is 5.75 Å². The van der Waals surface area contributed by atoms with Crippen molar-refractivity contribution in [3.05, 3.63) is 53.6 Å². The summed E-state index contributed by atoms with van der Waals surface area (Å²) in [6.45, 7) is 5.00. The third kappa shape index (κ3) is 8.35. The Hall–Kier alpha value is -2.87. The van der Waals surface area contributed by atoms with Gasteiger partial charge in [-0.25, -0.2) is 14.8 Å². The van der Waals surface area contributed by atoms with Crippen LogP contribution in [0.25, 0.3) is 0 Å². The molecule has 2 aromatic rings. The average molecular weight is 395 g/mol. The van der Waals surface area contributed by atoms with Crippen LogP contribution in [0.2, 0.25) is 0 Å². The number of hydrogen-bond donors (Lipinski definition) is 0. The maximum absolute atomic E-state index is 11.7. The summed E-state index contributed by atoms with van der Waals surface area (Å²) in [6.07, 6.45) is 11.9. The first kappa shape index (κ1) is 22.4. The molecule has 0 unspecified atom stereocenters. The van der Waals surface area contributed by atoms with Crippen LogP contribution in [0.1, 0.15) is 80.5 Å². The van der Waals surface area contributed by atoms with Crippen molar-refractivity contribution in [1.29, 1.82) is 0 Å². The molecular formula is C24H30N2O3. The van der Waals surface area contributed by atoms with E-state index >= 15 is 0 Å². The lowest BCUT2D eigenvalue weighted by molar-refractivity contribution is 0.0526. The number of hydrogen-bond acceptors (Lipinski definition) is 5. The summed E-state index contributed by atoms with van der Waals surface area (Å²) in [5.41, 5.74) is 1.56. The number of esters is 1. The van der Waals surface area contributed by atoms with Gasteiger partial charge in [0.15, 0.2) is 11.4 Å². The molecule has 0 radical (unpaired) electrons. The number of carbonyl (C=O) groups excluding carboxylic acids is 1. The van der Waals surface area contributed by atoms with Gasteiger partial charge in [-0.3, -0.25) is 0 Å². The predicted molar refractivity (Wildman–Crippen MR) is 114 cm³/mol. The van der Waals surface area contributed by atoms with Crippen LogP contribution in [0, 0.1) is 11.8 Å². The lowest BCUT2D eigenvalue weighted by Crippen LogP contribution is -2.05. The summed E-state index contributed by atoms with van der Waals surface area (Å²) >= 11 is 0. The fourth-order valence-electron chi connectivity index (χ4n) is 2.77. The largest absolute Gasteiger partial charge is 0.491 e. The second kappa shape index (κ2) is 13.3. The summed E-state index contributed by atoms with van der Waals surface area (Å²) in [5, 5.41) is 0. The van der Waals surface area contributed by atoms with Crippen molar-refractivity contribution >= 4 is 5.97 Å². The standard InChI is InChI=1S/C24H30N2O3/c1-3-5-6-7-8-9-10-18-29-23-12-11-17-25-22(23)16-15-21-14-13-20(19-26-21)24(27)28-4-2/h11-14,17,19H,3-10,18H2,1-2H3. The first-order valence-corrected chi connectivity index (χ1v) is 10.5. The molecule has 5 heteroatoms.